The first-order valence-electron chi connectivity index (χ1n) is 6.05. The van der Waals surface area contributed by atoms with Crippen LogP contribution < -0.4 is 11.1 Å². The standard InChI is InChI=1S/C12H18N4O2/c1-15-6-2-3-9(8-15)14-12-5-4-10(16(17)18)7-11(12)13/h4-5,7,9,14H,2-3,6,8,13H2,1H3. The van der Waals surface area contributed by atoms with Gasteiger partial charge in [0.2, 0.25) is 0 Å². The van der Waals surface area contributed by atoms with E-state index in [1.165, 1.54) is 12.1 Å². The zero-order valence-electron chi connectivity index (χ0n) is 10.4. The molecule has 98 valence electrons. The molecule has 1 atom stereocenters. The van der Waals surface area contributed by atoms with Crippen molar-refractivity contribution in [2.24, 2.45) is 0 Å². The number of piperidine rings is 1. The minimum Gasteiger partial charge on any atom is -0.397 e. The molecular weight excluding hydrogens is 232 g/mol. The van der Waals surface area contributed by atoms with Gasteiger partial charge in [0.1, 0.15) is 0 Å². The van der Waals surface area contributed by atoms with Crippen LogP contribution >= 0.6 is 0 Å². The van der Waals surface area contributed by atoms with Gasteiger partial charge in [0.25, 0.3) is 5.69 Å². The Morgan fingerprint density at radius 2 is 2.33 bits per heavy atom. The van der Waals surface area contributed by atoms with Crippen LogP contribution in [0.15, 0.2) is 18.2 Å². The normalized spacial score (nSPS) is 20.6. The number of rotatable bonds is 3. The largest absolute Gasteiger partial charge is 0.397 e. The molecule has 0 spiro atoms. The number of anilines is 2. The topological polar surface area (TPSA) is 84.4 Å². The number of non-ortho nitro benzene ring substituents is 1. The second kappa shape index (κ2) is 5.22. The number of benzene rings is 1. The Balaban J connectivity index is 2.07. The van der Waals surface area contributed by atoms with Gasteiger partial charge < -0.3 is 16.0 Å². The van der Waals surface area contributed by atoms with Crippen LogP contribution in [-0.2, 0) is 0 Å². The molecule has 1 aliphatic heterocycles. The van der Waals surface area contributed by atoms with Gasteiger partial charge in [-0.2, -0.15) is 0 Å². The first-order chi connectivity index (χ1) is 8.56. The Kier molecular flexibility index (Phi) is 3.66. The van der Waals surface area contributed by atoms with E-state index in [0.717, 1.165) is 31.6 Å². The van der Waals surface area contributed by atoms with Crippen LogP contribution in [-0.4, -0.2) is 36.0 Å². The molecule has 1 heterocycles. The van der Waals surface area contributed by atoms with Crippen LogP contribution in [0.4, 0.5) is 17.1 Å². The fourth-order valence-corrected chi connectivity index (χ4v) is 2.30. The van der Waals surface area contributed by atoms with Crippen LogP contribution in [0.2, 0.25) is 0 Å². The van der Waals surface area contributed by atoms with E-state index in [-0.39, 0.29) is 5.69 Å². The van der Waals surface area contributed by atoms with Gasteiger partial charge in [0.05, 0.1) is 16.3 Å². The van der Waals surface area contributed by atoms with Gasteiger partial charge in [-0.3, -0.25) is 10.1 Å². The summed E-state index contributed by atoms with van der Waals surface area (Å²) in [6.45, 7) is 2.09. The summed E-state index contributed by atoms with van der Waals surface area (Å²) < 4.78 is 0. The van der Waals surface area contributed by atoms with Crippen LogP contribution in [0.1, 0.15) is 12.8 Å². The maximum atomic E-state index is 10.6. The van der Waals surface area contributed by atoms with Gasteiger partial charge in [-0.05, 0) is 32.5 Å². The zero-order valence-corrected chi connectivity index (χ0v) is 10.4. The SMILES string of the molecule is CN1CCCC(Nc2ccc([N+](=O)[O-])cc2N)C1. The molecule has 6 nitrogen and oxygen atoms in total. The number of nitrogens with one attached hydrogen (secondary N) is 1. The first-order valence-corrected chi connectivity index (χ1v) is 6.05. The molecule has 1 aromatic carbocycles. The number of nitrogens with zero attached hydrogens (tertiary/aromatic N) is 2. The molecule has 2 rings (SSSR count). The van der Waals surface area contributed by atoms with Crippen molar-refractivity contribution in [1.82, 2.24) is 4.90 Å². The van der Waals surface area contributed by atoms with Crippen LogP contribution in [0, 0.1) is 10.1 Å². The third kappa shape index (κ3) is 2.89. The monoisotopic (exact) mass is 250 g/mol. The van der Waals surface area contributed by atoms with Gasteiger partial charge >= 0.3 is 0 Å². The summed E-state index contributed by atoms with van der Waals surface area (Å²) in [5.74, 6) is 0. The van der Waals surface area contributed by atoms with Crippen LogP contribution in [0.25, 0.3) is 0 Å². The van der Waals surface area contributed by atoms with Gasteiger partial charge in [0.15, 0.2) is 0 Å². The summed E-state index contributed by atoms with van der Waals surface area (Å²) in [6, 6.07) is 4.91. The average Bonchev–Trinajstić information content (AvgIpc) is 2.31. The van der Waals surface area contributed by atoms with Crippen molar-refractivity contribution < 1.29 is 4.92 Å². The van der Waals surface area contributed by atoms with Crippen LogP contribution in [0.3, 0.4) is 0 Å². The number of hydrogen-bond acceptors (Lipinski definition) is 5. The van der Waals surface area contributed by atoms with Crippen molar-refractivity contribution in [2.45, 2.75) is 18.9 Å². The van der Waals surface area contributed by atoms with Gasteiger partial charge in [-0.25, -0.2) is 0 Å². The summed E-state index contributed by atoms with van der Waals surface area (Å²) >= 11 is 0. The van der Waals surface area contributed by atoms with Crippen molar-refractivity contribution in [3.05, 3.63) is 28.3 Å². The number of nitrogens with two attached hydrogens (primary N) is 1. The van der Waals surface area contributed by atoms with Gasteiger partial charge in [-0.1, -0.05) is 0 Å². The fraction of sp³-hybridized carbons (Fsp3) is 0.500. The molecule has 0 radical (unpaired) electrons. The molecule has 1 fully saturated rings. The number of hydrogen-bond donors (Lipinski definition) is 2. The highest BCUT2D eigenvalue weighted by molar-refractivity contribution is 5.69. The molecule has 0 aromatic heterocycles. The van der Waals surface area contributed by atoms with Gasteiger partial charge in [0, 0.05) is 24.7 Å². The summed E-state index contributed by atoms with van der Waals surface area (Å²) in [4.78, 5) is 12.5. The van der Waals surface area contributed by atoms with Crippen LogP contribution in [0.5, 0.6) is 0 Å². The molecule has 1 aromatic rings. The molecule has 18 heavy (non-hydrogen) atoms. The Bertz CT molecular complexity index is 450. The zero-order chi connectivity index (χ0) is 13.1. The van der Waals surface area contributed by atoms with E-state index < -0.39 is 4.92 Å². The van der Waals surface area contributed by atoms with E-state index in [2.05, 4.69) is 17.3 Å². The van der Waals surface area contributed by atoms with E-state index >= 15 is 0 Å². The number of likely N-dealkylation sites (tertiary alicyclic amines) is 1. The summed E-state index contributed by atoms with van der Waals surface area (Å²) in [6.07, 6.45) is 2.25. The summed E-state index contributed by atoms with van der Waals surface area (Å²) in [7, 11) is 2.09. The van der Waals surface area contributed by atoms with E-state index in [1.807, 2.05) is 0 Å². The van der Waals surface area contributed by atoms with Crippen molar-refractivity contribution in [3.63, 3.8) is 0 Å². The van der Waals surface area contributed by atoms with E-state index in [1.54, 1.807) is 6.07 Å². The molecule has 1 unspecified atom stereocenters. The molecule has 0 amide bonds. The molecule has 3 N–H and O–H groups in total. The third-order valence-corrected chi connectivity index (χ3v) is 3.23. The number of nitro groups is 1. The minimum atomic E-state index is -0.436. The smallest absolute Gasteiger partial charge is 0.271 e. The Morgan fingerprint density at radius 1 is 1.56 bits per heavy atom. The second-order valence-electron chi connectivity index (χ2n) is 4.77. The molecule has 0 saturated carbocycles. The van der Waals surface area contributed by atoms with Crippen molar-refractivity contribution >= 4 is 17.1 Å². The Hall–Kier alpha value is -1.82. The van der Waals surface area contributed by atoms with E-state index in [0.29, 0.717) is 11.7 Å². The lowest BCUT2D eigenvalue weighted by atomic mass is 10.1. The lowest BCUT2D eigenvalue weighted by Gasteiger charge is -2.31. The van der Waals surface area contributed by atoms with Crippen molar-refractivity contribution in [2.75, 3.05) is 31.2 Å². The fourth-order valence-electron chi connectivity index (χ4n) is 2.30. The quantitative estimate of drug-likeness (QED) is 0.484. The number of nitro benzene ring substituents is 1. The Morgan fingerprint density at radius 3 is 2.94 bits per heavy atom. The van der Waals surface area contributed by atoms with Gasteiger partial charge in [-0.15, -0.1) is 0 Å². The lowest BCUT2D eigenvalue weighted by molar-refractivity contribution is -0.384. The maximum Gasteiger partial charge on any atom is 0.271 e. The number of nitrogen functional groups attached to an aromatic ring is 1. The molecular formula is C12H18N4O2. The number of likely N-dealkylation sites (N-methyl/N-ethyl adjacent to an activating group) is 1. The lowest BCUT2D eigenvalue weighted by Crippen LogP contribution is -2.39. The maximum absolute atomic E-state index is 10.6. The predicted molar refractivity (Wildman–Crippen MR) is 71.7 cm³/mol. The highest BCUT2D eigenvalue weighted by Crippen LogP contribution is 2.26. The summed E-state index contributed by atoms with van der Waals surface area (Å²) in [5.41, 5.74) is 7.06. The van der Waals surface area contributed by atoms with E-state index in [9.17, 15) is 10.1 Å². The van der Waals surface area contributed by atoms with Crippen molar-refractivity contribution in [1.29, 1.82) is 0 Å². The first kappa shape index (κ1) is 12.6. The highest BCUT2D eigenvalue weighted by Gasteiger charge is 2.18. The molecule has 1 aliphatic rings. The third-order valence-electron chi connectivity index (χ3n) is 3.23. The molecule has 0 bridgehead atoms. The Labute approximate surface area is 106 Å². The summed E-state index contributed by atoms with van der Waals surface area (Å²) in [5, 5.41) is 14.0. The van der Waals surface area contributed by atoms with Crippen molar-refractivity contribution in [3.8, 4) is 0 Å². The van der Waals surface area contributed by atoms with E-state index in [4.69, 9.17) is 5.73 Å². The molecule has 1 saturated heterocycles. The predicted octanol–water partition coefficient (Wildman–Crippen LogP) is 1.68. The second-order valence-corrected chi connectivity index (χ2v) is 4.77. The molecule has 0 aliphatic carbocycles. The average molecular weight is 250 g/mol. The molecule has 6 heteroatoms. The minimum absolute atomic E-state index is 0.0267. The highest BCUT2D eigenvalue weighted by atomic mass is 16.6.